The van der Waals surface area contributed by atoms with Crippen LogP contribution in [0.5, 0.6) is 0 Å². The van der Waals surface area contributed by atoms with E-state index in [1.165, 1.54) is 29.2 Å². The zero-order chi connectivity index (χ0) is 20.3. The predicted molar refractivity (Wildman–Crippen MR) is 93.9 cm³/mol. The summed E-state index contributed by atoms with van der Waals surface area (Å²) in [6, 6.07) is 8.65. The molecule has 1 unspecified atom stereocenters. The van der Waals surface area contributed by atoms with Crippen LogP contribution in [0.3, 0.4) is 0 Å². The molecule has 28 heavy (non-hydrogen) atoms. The van der Waals surface area contributed by atoms with Crippen molar-refractivity contribution in [3.63, 3.8) is 0 Å². The van der Waals surface area contributed by atoms with Crippen LogP contribution < -0.4 is 5.32 Å². The monoisotopic (exact) mass is 394 g/mol. The van der Waals surface area contributed by atoms with Crippen LogP contribution >= 0.6 is 0 Å². The van der Waals surface area contributed by atoms with Crippen LogP contribution in [0, 0.1) is 5.82 Å². The summed E-state index contributed by atoms with van der Waals surface area (Å²) in [5.41, 5.74) is -0.421. The minimum Gasteiger partial charge on any atom is -0.343 e. The second-order valence-corrected chi connectivity index (χ2v) is 6.60. The summed E-state index contributed by atoms with van der Waals surface area (Å²) in [7, 11) is 0. The van der Waals surface area contributed by atoms with Gasteiger partial charge in [0.25, 0.3) is 5.91 Å². The van der Waals surface area contributed by atoms with Gasteiger partial charge in [0, 0.05) is 25.1 Å². The first-order valence-electron chi connectivity index (χ1n) is 8.75. The van der Waals surface area contributed by atoms with E-state index in [2.05, 4.69) is 5.32 Å². The third kappa shape index (κ3) is 4.68. The first-order chi connectivity index (χ1) is 13.2. The van der Waals surface area contributed by atoms with E-state index < -0.39 is 29.5 Å². The van der Waals surface area contributed by atoms with E-state index in [4.69, 9.17) is 0 Å². The van der Waals surface area contributed by atoms with E-state index in [9.17, 15) is 27.2 Å². The molecule has 4 nitrogen and oxygen atoms in total. The molecular weight excluding hydrogens is 376 g/mol. The number of halogens is 4. The van der Waals surface area contributed by atoms with Crippen molar-refractivity contribution in [2.24, 2.45) is 0 Å². The Labute approximate surface area is 159 Å². The summed E-state index contributed by atoms with van der Waals surface area (Å²) in [5, 5.41) is 2.67. The van der Waals surface area contributed by atoms with Crippen LogP contribution in [0.4, 0.5) is 17.6 Å². The third-order valence-electron chi connectivity index (χ3n) is 4.60. The number of benzene rings is 2. The molecule has 148 valence electrons. The van der Waals surface area contributed by atoms with Crippen molar-refractivity contribution < 1.29 is 27.2 Å². The molecule has 3 rings (SSSR count). The Kier molecular flexibility index (Phi) is 5.67. The number of hydrogen-bond acceptors (Lipinski definition) is 2. The summed E-state index contributed by atoms with van der Waals surface area (Å²) in [5.74, 6) is -1.17. The Morgan fingerprint density at radius 1 is 1.14 bits per heavy atom. The van der Waals surface area contributed by atoms with Crippen molar-refractivity contribution in [3.05, 3.63) is 71.0 Å². The first-order valence-corrected chi connectivity index (χ1v) is 8.75. The summed E-state index contributed by atoms with van der Waals surface area (Å²) in [4.78, 5) is 26.0. The maximum absolute atomic E-state index is 13.1. The molecule has 1 fully saturated rings. The lowest BCUT2D eigenvalue weighted by Crippen LogP contribution is -2.38. The Bertz CT molecular complexity index is 865. The number of hydrogen-bond donors (Lipinski definition) is 1. The van der Waals surface area contributed by atoms with Crippen LogP contribution in [-0.4, -0.2) is 29.8 Å². The van der Waals surface area contributed by atoms with Gasteiger partial charge in [0.05, 0.1) is 11.6 Å². The number of carbonyl (C=O) groups is 2. The minimum atomic E-state index is -4.52. The number of rotatable bonds is 5. The van der Waals surface area contributed by atoms with Crippen LogP contribution in [0.25, 0.3) is 0 Å². The zero-order valence-electron chi connectivity index (χ0n) is 14.8. The van der Waals surface area contributed by atoms with Gasteiger partial charge < -0.3 is 10.2 Å². The molecule has 8 heteroatoms. The molecule has 1 aliphatic heterocycles. The van der Waals surface area contributed by atoms with Crippen LogP contribution in [0.1, 0.15) is 40.4 Å². The van der Waals surface area contributed by atoms with Gasteiger partial charge in [0.1, 0.15) is 5.82 Å². The maximum Gasteiger partial charge on any atom is 0.416 e. The smallest absolute Gasteiger partial charge is 0.343 e. The molecular formula is C20H18F4N2O2. The largest absolute Gasteiger partial charge is 0.416 e. The molecule has 2 aromatic carbocycles. The van der Waals surface area contributed by atoms with Gasteiger partial charge >= 0.3 is 6.18 Å². The molecule has 1 heterocycles. The highest BCUT2D eigenvalue weighted by molar-refractivity contribution is 5.94. The molecule has 2 aromatic rings. The number of amides is 2. The average Bonchev–Trinajstić information content (AvgIpc) is 3.06. The number of nitrogens with zero attached hydrogens (tertiary/aromatic N) is 1. The van der Waals surface area contributed by atoms with Gasteiger partial charge in [-0.05, 0) is 48.4 Å². The normalized spacial score (nSPS) is 15.6. The fourth-order valence-corrected chi connectivity index (χ4v) is 3.13. The Balaban J connectivity index is 1.87. The van der Waals surface area contributed by atoms with Crippen LogP contribution in [0.15, 0.2) is 48.5 Å². The molecule has 1 atom stereocenters. The average molecular weight is 394 g/mol. The highest BCUT2D eigenvalue weighted by atomic mass is 19.4. The molecule has 1 aliphatic rings. The van der Waals surface area contributed by atoms with Gasteiger partial charge in [-0.3, -0.25) is 9.59 Å². The van der Waals surface area contributed by atoms with Crippen molar-refractivity contribution >= 4 is 11.8 Å². The van der Waals surface area contributed by atoms with E-state index in [0.29, 0.717) is 19.4 Å². The molecule has 0 aromatic heterocycles. The van der Waals surface area contributed by atoms with E-state index in [1.807, 2.05) is 0 Å². The van der Waals surface area contributed by atoms with Gasteiger partial charge in [-0.2, -0.15) is 13.2 Å². The number of nitrogens with one attached hydrogen (secondary N) is 1. The Hall–Kier alpha value is -2.90. The van der Waals surface area contributed by atoms with Gasteiger partial charge in [-0.15, -0.1) is 0 Å². The van der Waals surface area contributed by atoms with E-state index in [0.717, 1.165) is 24.3 Å². The quantitative estimate of drug-likeness (QED) is 0.781. The fourth-order valence-electron chi connectivity index (χ4n) is 3.13. The minimum absolute atomic E-state index is 0.0626. The zero-order valence-corrected chi connectivity index (χ0v) is 14.8. The maximum atomic E-state index is 13.1. The molecule has 1 saturated heterocycles. The Morgan fingerprint density at radius 3 is 2.46 bits per heavy atom. The van der Waals surface area contributed by atoms with Crippen molar-refractivity contribution in [2.45, 2.75) is 25.1 Å². The van der Waals surface area contributed by atoms with Crippen molar-refractivity contribution in [2.75, 3.05) is 13.1 Å². The first kappa shape index (κ1) is 19.9. The lowest BCUT2D eigenvalue weighted by molar-refractivity contribution is -0.137. The molecule has 0 saturated carbocycles. The highest BCUT2D eigenvalue weighted by Crippen LogP contribution is 2.31. The summed E-state index contributed by atoms with van der Waals surface area (Å²) in [6.45, 7) is 0.549. The van der Waals surface area contributed by atoms with Crippen molar-refractivity contribution in [3.8, 4) is 0 Å². The van der Waals surface area contributed by atoms with Crippen molar-refractivity contribution in [1.29, 1.82) is 0 Å². The van der Waals surface area contributed by atoms with E-state index >= 15 is 0 Å². The predicted octanol–water partition coefficient (Wildman–Crippen LogP) is 3.94. The second kappa shape index (κ2) is 8.00. The molecule has 0 radical (unpaired) electrons. The van der Waals surface area contributed by atoms with E-state index in [1.54, 1.807) is 0 Å². The molecule has 2 amide bonds. The van der Waals surface area contributed by atoms with Crippen molar-refractivity contribution in [1.82, 2.24) is 10.2 Å². The van der Waals surface area contributed by atoms with Gasteiger partial charge in [0.2, 0.25) is 5.91 Å². The standard InChI is InChI=1S/C20H18F4N2O2/c21-16-8-6-13(7-9-16)19(28)25-17(12-26-10-2-5-18(26)27)14-3-1-4-15(11-14)20(22,23)24/h1,3-4,6-9,11,17H,2,5,10,12H2,(H,25,28). The number of carbonyl (C=O) groups excluding carboxylic acids is 2. The highest BCUT2D eigenvalue weighted by Gasteiger charge is 2.32. The van der Waals surface area contributed by atoms with Gasteiger partial charge in [-0.1, -0.05) is 12.1 Å². The topological polar surface area (TPSA) is 49.4 Å². The summed E-state index contributed by atoms with van der Waals surface area (Å²) >= 11 is 0. The molecule has 0 bridgehead atoms. The molecule has 0 aliphatic carbocycles. The lowest BCUT2D eigenvalue weighted by Gasteiger charge is -2.26. The van der Waals surface area contributed by atoms with Gasteiger partial charge in [-0.25, -0.2) is 4.39 Å². The number of alkyl halides is 3. The Morgan fingerprint density at radius 2 is 1.86 bits per heavy atom. The lowest BCUT2D eigenvalue weighted by atomic mass is 10.0. The molecule has 0 spiro atoms. The van der Waals surface area contributed by atoms with Crippen LogP contribution in [-0.2, 0) is 11.0 Å². The molecule has 1 N–H and O–H groups in total. The van der Waals surface area contributed by atoms with Gasteiger partial charge in [0.15, 0.2) is 0 Å². The summed E-state index contributed by atoms with van der Waals surface area (Å²) < 4.78 is 52.3. The van der Waals surface area contributed by atoms with E-state index in [-0.39, 0.29) is 23.6 Å². The van der Waals surface area contributed by atoms with Crippen LogP contribution in [0.2, 0.25) is 0 Å². The third-order valence-corrected chi connectivity index (χ3v) is 4.60. The fraction of sp³-hybridized carbons (Fsp3) is 0.300. The second-order valence-electron chi connectivity index (χ2n) is 6.60. The number of likely N-dealkylation sites (tertiary alicyclic amines) is 1. The SMILES string of the molecule is O=C(NC(CN1CCCC1=O)c1cccc(C(F)(F)F)c1)c1ccc(F)cc1. The summed E-state index contributed by atoms with van der Waals surface area (Å²) in [6.07, 6.45) is -3.48.